The highest BCUT2D eigenvalue weighted by atomic mass is 16.6. The minimum absolute atomic E-state index is 0.0721. The number of rotatable bonds is 65. The van der Waals surface area contributed by atoms with Gasteiger partial charge < -0.3 is 14.2 Å². The Balaban J connectivity index is 4.10. The van der Waals surface area contributed by atoms with E-state index in [4.69, 9.17) is 14.2 Å². The molecule has 0 saturated carbocycles. The van der Waals surface area contributed by atoms with Crippen molar-refractivity contribution in [3.8, 4) is 0 Å². The molecule has 1 atom stereocenters. The molecule has 81 heavy (non-hydrogen) atoms. The molecule has 0 aromatic carbocycles. The second-order valence-electron chi connectivity index (χ2n) is 23.8. The lowest BCUT2D eigenvalue weighted by Gasteiger charge is -2.18. The molecule has 1 unspecified atom stereocenters. The lowest BCUT2D eigenvalue weighted by molar-refractivity contribution is -0.167. The Morgan fingerprint density at radius 1 is 0.259 bits per heavy atom. The van der Waals surface area contributed by atoms with Gasteiger partial charge in [-0.25, -0.2) is 0 Å². The minimum atomic E-state index is -0.775. The van der Waals surface area contributed by atoms with Crippen molar-refractivity contribution in [3.05, 3.63) is 72.9 Å². The number of carbonyl (C=O) groups is 3. The molecule has 0 amide bonds. The summed E-state index contributed by atoms with van der Waals surface area (Å²) in [6.45, 7) is 6.51. The Hall–Kier alpha value is -3.15. The zero-order valence-electron chi connectivity index (χ0n) is 54.1. The lowest BCUT2D eigenvalue weighted by atomic mass is 10.0. The molecule has 0 saturated heterocycles. The van der Waals surface area contributed by atoms with Crippen molar-refractivity contribution in [2.24, 2.45) is 0 Å². The molecule has 0 aliphatic heterocycles. The fourth-order valence-corrected chi connectivity index (χ4v) is 10.4. The van der Waals surface area contributed by atoms with E-state index in [2.05, 4.69) is 93.7 Å². The summed E-state index contributed by atoms with van der Waals surface area (Å²) < 4.78 is 16.9. The van der Waals surface area contributed by atoms with E-state index in [9.17, 15) is 14.4 Å². The van der Waals surface area contributed by atoms with E-state index in [-0.39, 0.29) is 31.1 Å². The number of hydrogen-bond acceptors (Lipinski definition) is 6. The van der Waals surface area contributed by atoms with Crippen LogP contribution in [0.3, 0.4) is 0 Å². The zero-order chi connectivity index (χ0) is 58.5. The van der Waals surface area contributed by atoms with Crippen LogP contribution >= 0.6 is 0 Å². The van der Waals surface area contributed by atoms with Crippen LogP contribution in [0.2, 0.25) is 0 Å². The zero-order valence-corrected chi connectivity index (χ0v) is 54.1. The molecule has 470 valence electrons. The predicted molar refractivity (Wildman–Crippen MR) is 353 cm³/mol. The topological polar surface area (TPSA) is 78.9 Å². The molecule has 0 radical (unpaired) electrons. The van der Waals surface area contributed by atoms with Crippen molar-refractivity contribution in [1.29, 1.82) is 0 Å². The maximum atomic E-state index is 12.9. The predicted octanol–water partition coefficient (Wildman–Crippen LogP) is 24.4. The second kappa shape index (κ2) is 69.3. The van der Waals surface area contributed by atoms with E-state index in [1.165, 1.54) is 225 Å². The molecule has 0 aromatic heterocycles. The van der Waals surface area contributed by atoms with Crippen LogP contribution < -0.4 is 0 Å². The Morgan fingerprint density at radius 2 is 0.506 bits per heavy atom. The maximum absolute atomic E-state index is 12.9. The Bertz CT molecular complexity index is 1490. The molecular formula is C75H134O6. The molecule has 6 nitrogen and oxygen atoms in total. The molecular weight excluding hydrogens is 997 g/mol. The van der Waals surface area contributed by atoms with Gasteiger partial charge in [0.1, 0.15) is 13.2 Å². The molecule has 0 spiro atoms. The van der Waals surface area contributed by atoms with Gasteiger partial charge >= 0.3 is 17.9 Å². The van der Waals surface area contributed by atoms with Gasteiger partial charge in [0, 0.05) is 19.3 Å². The monoisotopic (exact) mass is 1130 g/mol. The molecule has 0 rings (SSSR count). The van der Waals surface area contributed by atoms with Crippen LogP contribution in [0, 0.1) is 0 Å². The van der Waals surface area contributed by atoms with E-state index in [1.54, 1.807) is 0 Å². The van der Waals surface area contributed by atoms with E-state index in [0.29, 0.717) is 19.3 Å². The summed E-state index contributed by atoms with van der Waals surface area (Å²) in [6, 6.07) is 0. The summed E-state index contributed by atoms with van der Waals surface area (Å²) in [6.07, 6.45) is 90.9. The van der Waals surface area contributed by atoms with Crippen LogP contribution in [-0.4, -0.2) is 37.2 Å². The van der Waals surface area contributed by atoms with Crippen LogP contribution in [0.5, 0.6) is 0 Å². The first-order valence-electron chi connectivity index (χ1n) is 35.4. The second-order valence-corrected chi connectivity index (χ2v) is 23.8. The first kappa shape index (κ1) is 77.9. The molecule has 0 fully saturated rings. The van der Waals surface area contributed by atoms with Gasteiger partial charge in [0.15, 0.2) is 6.10 Å². The fourth-order valence-electron chi connectivity index (χ4n) is 10.4. The summed E-state index contributed by atoms with van der Waals surface area (Å²) in [7, 11) is 0. The normalized spacial score (nSPS) is 12.5. The van der Waals surface area contributed by atoms with Crippen LogP contribution in [0.25, 0.3) is 0 Å². The van der Waals surface area contributed by atoms with Gasteiger partial charge in [0.2, 0.25) is 0 Å². The summed E-state index contributed by atoms with van der Waals surface area (Å²) in [5, 5.41) is 0. The molecule has 0 aromatic rings. The van der Waals surface area contributed by atoms with Gasteiger partial charge in [0.05, 0.1) is 0 Å². The fraction of sp³-hybridized carbons (Fsp3) is 0.800. The number of unbranched alkanes of at least 4 members (excludes halogenated alkanes) is 42. The quantitative estimate of drug-likeness (QED) is 0.0261. The first-order chi connectivity index (χ1) is 40.0. The summed E-state index contributed by atoms with van der Waals surface area (Å²) in [4.78, 5) is 38.3. The molecule has 0 aliphatic rings. The van der Waals surface area contributed by atoms with Crippen LogP contribution in [0.15, 0.2) is 72.9 Å². The van der Waals surface area contributed by atoms with Gasteiger partial charge in [-0.3, -0.25) is 14.4 Å². The summed E-state index contributed by atoms with van der Waals surface area (Å²) in [5.74, 6) is -0.860. The van der Waals surface area contributed by atoms with E-state index in [1.807, 2.05) is 0 Å². The van der Waals surface area contributed by atoms with E-state index in [0.717, 1.165) is 103 Å². The van der Waals surface area contributed by atoms with Crippen molar-refractivity contribution in [2.45, 2.75) is 374 Å². The smallest absolute Gasteiger partial charge is 0.306 e. The standard InChI is InChI=1S/C75H134O6/c1-4-7-10-13-16-19-22-24-26-28-30-32-33-34-35-36-37-38-39-40-41-42-43-44-46-47-49-51-53-56-59-62-65-68-74(77)80-71-72(70-79-73(76)67-64-61-58-55-21-18-15-12-9-6-3)81-75(78)69-66-63-60-57-54-52-50-48-45-31-29-27-25-23-20-17-14-11-8-5-2/h7,10,12,15-16,19,24,26,30,32,34-35,72H,4-6,8-9,11,13-14,17-18,20-23,25,27-29,31,33,36-71H2,1-3H3/b10-7-,15-12-,19-16-,26-24-,32-30-,35-34-. The largest absolute Gasteiger partial charge is 0.462 e. The average molecular weight is 1130 g/mol. The van der Waals surface area contributed by atoms with Gasteiger partial charge in [-0.05, 0) is 83.5 Å². The van der Waals surface area contributed by atoms with Gasteiger partial charge in [0.25, 0.3) is 0 Å². The summed E-state index contributed by atoms with van der Waals surface area (Å²) >= 11 is 0. The third-order valence-corrected chi connectivity index (χ3v) is 15.7. The highest BCUT2D eigenvalue weighted by Gasteiger charge is 2.19. The average Bonchev–Trinajstić information content (AvgIpc) is 3.47. The first-order valence-corrected chi connectivity index (χ1v) is 35.4. The number of hydrogen-bond donors (Lipinski definition) is 0. The van der Waals surface area contributed by atoms with Gasteiger partial charge in [-0.15, -0.1) is 0 Å². The molecule has 6 heteroatoms. The summed E-state index contributed by atoms with van der Waals surface area (Å²) in [5.41, 5.74) is 0. The van der Waals surface area contributed by atoms with Crippen LogP contribution in [0.1, 0.15) is 367 Å². The minimum Gasteiger partial charge on any atom is -0.462 e. The SMILES string of the molecule is CC/C=C\C/C=C\C/C=C\C/C=C\C/C=C\CCCCCCCCCCCCCCCCCCCC(=O)OCC(COC(=O)CCCCCCC/C=C\CCC)OC(=O)CCCCCCCCCCCCCCCCCCCCCC. The van der Waals surface area contributed by atoms with Gasteiger partial charge in [-0.1, -0.05) is 338 Å². The molecule has 0 heterocycles. The highest BCUT2D eigenvalue weighted by molar-refractivity contribution is 5.71. The molecule has 0 aliphatic carbocycles. The molecule has 0 N–H and O–H groups in total. The van der Waals surface area contributed by atoms with Crippen LogP contribution in [-0.2, 0) is 28.6 Å². The number of esters is 3. The number of allylic oxidation sites excluding steroid dienone is 12. The maximum Gasteiger partial charge on any atom is 0.306 e. The highest BCUT2D eigenvalue weighted by Crippen LogP contribution is 2.18. The molecule has 0 bridgehead atoms. The third kappa shape index (κ3) is 67.5. The Kier molecular flexibility index (Phi) is 66.6. The van der Waals surface area contributed by atoms with Crippen LogP contribution in [0.4, 0.5) is 0 Å². The van der Waals surface area contributed by atoms with E-state index < -0.39 is 6.10 Å². The van der Waals surface area contributed by atoms with E-state index >= 15 is 0 Å². The van der Waals surface area contributed by atoms with Crippen molar-refractivity contribution in [2.75, 3.05) is 13.2 Å². The third-order valence-electron chi connectivity index (χ3n) is 15.7. The van der Waals surface area contributed by atoms with Crippen molar-refractivity contribution >= 4 is 17.9 Å². The lowest BCUT2D eigenvalue weighted by Crippen LogP contribution is -2.30. The van der Waals surface area contributed by atoms with Gasteiger partial charge in [-0.2, -0.15) is 0 Å². The Labute approximate surface area is 503 Å². The van der Waals surface area contributed by atoms with Crippen molar-refractivity contribution in [1.82, 2.24) is 0 Å². The number of carbonyl (C=O) groups excluding carboxylic acids is 3. The Morgan fingerprint density at radius 3 is 0.815 bits per heavy atom. The number of ether oxygens (including phenoxy) is 3. The van der Waals surface area contributed by atoms with Crippen molar-refractivity contribution in [3.63, 3.8) is 0 Å². The van der Waals surface area contributed by atoms with Crippen molar-refractivity contribution < 1.29 is 28.6 Å².